The van der Waals surface area contributed by atoms with E-state index in [1.165, 1.54) is 0 Å². The van der Waals surface area contributed by atoms with Crippen molar-refractivity contribution in [3.05, 3.63) is 54.1 Å². The molecule has 1 amide bonds. The first-order chi connectivity index (χ1) is 11.6. The van der Waals surface area contributed by atoms with Crippen LogP contribution in [0.15, 0.2) is 48.5 Å². The van der Waals surface area contributed by atoms with Gasteiger partial charge in [0.1, 0.15) is 0 Å². The lowest BCUT2D eigenvalue weighted by Gasteiger charge is -2.11. The smallest absolute Gasteiger partial charge is 0.224 e. The van der Waals surface area contributed by atoms with Crippen molar-refractivity contribution >= 4 is 17.4 Å². The number of ether oxygens (including phenoxy) is 2. The van der Waals surface area contributed by atoms with E-state index in [2.05, 4.69) is 5.32 Å². The molecule has 0 aromatic heterocycles. The summed E-state index contributed by atoms with van der Waals surface area (Å²) in [5, 5.41) is 2.77. The van der Waals surface area contributed by atoms with Gasteiger partial charge in [0.05, 0.1) is 13.7 Å². The Labute approximate surface area is 141 Å². The van der Waals surface area contributed by atoms with Crippen LogP contribution in [0.1, 0.15) is 30.1 Å². The molecule has 0 bridgehead atoms. The Morgan fingerprint density at radius 3 is 2.42 bits per heavy atom. The fraction of sp³-hybridized carbons (Fsp3) is 0.263. The second-order valence-electron chi connectivity index (χ2n) is 5.14. The van der Waals surface area contributed by atoms with Crippen LogP contribution >= 0.6 is 0 Å². The number of amides is 1. The molecular weight excluding hydrogens is 306 g/mol. The van der Waals surface area contributed by atoms with Crippen LogP contribution in [0.25, 0.3) is 0 Å². The lowest BCUT2D eigenvalue weighted by Crippen LogP contribution is -2.13. The normalized spacial score (nSPS) is 10.1. The van der Waals surface area contributed by atoms with Crippen molar-refractivity contribution in [2.45, 2.75) is 19.8 Å². The van der Waals surface area contributed by atoms with Crippen LogP contribution in [0.4, 0.5) is 5.69 Å². The van der Waals surface area contributed by atoms with Crippen LogP contribution in [0.5, 0.6) is 11.5 Å². The zero-order valence-electron chi connectivity index (χ0n) is 13.9. The Bertz CT molecular complexity index is 698. The van der Waals surface area contributed by atoms with Gasteiger partial charge in [-0.1, -0.05) is 30.3 Å². The van der Waals surface area contributed by atoms with Gasteiger partial charge < -0.3 is 14.8 Å². The summed E-state index contributed by atoms with van der Waals surface area (Å²) in [5.41, 5.74) is 1.22. The third-order valence-corrected chi connectivity index (χ3v) is 3.42. The first-order valence-electron chi connectivity index (χ1n) is 7.83. The number of ketones is 1. The number of nitrogens with one attached hydrogen (secondary N) is 1. The molecule has 0 aliphatic rings. The fourth-order valence-electron chi connectivity index (χ4n) is 2.24. The highest BCUT2D eigenvalue weighted by atomic mass is 16.5. The Kier molecular flexibility index (Phi) is 6.37. The molecule has 0 atom stereocenters. The van der Waals surface area contributed by atoms with E-state index >= 15 is 0 Å². The predicted octanol–water partition coefficient (Wildman–Crippen LogP) is 3.70. The van der Waals surface area contributed by atoms with Crippen LogP contribution in [0.2, 0.25) is 0 Å². The molecule has 0 aliphatic carbocycles. The first kappa shape index (κ1) is 17.5. The van der Waals surface area contributed by atoms with Crippen LogP contribution in [0, 0.1) is 0 Å². The largest absolute Gasteiger partial charge is 0.493 e. The SMILES string of the molecule is CCOc1ccc(NC(=O)CCC(=O)c2ccccc2)cc1OC. The number of carbonyl (C=O) groups excluding carboxylic acids is 2. The summed E-state index contributed by atoms with van der Waals surface area (Å²) in [4.78, 5) is 24.0. The molecule has 126 valence electrons. The van der Waals surface area contributed by atoms with Gasteiger partial charge in [-0.25, -0.2) is 0 Å². The third-order valence-electron chi connectivity index (χ3n) is 3.42. The highest BCUT2D eigenvalue weighted by Crippen LogP contribution is 2.30. The topological polar surface area (TPSA) is 64.6 Å². The average molecular weight is 327 g/mol. The maximum absolute atomic E-state index is 12.0. The van der Waals surface area contributed by atoms with Crippen LogP contribution in [-0.2, 0) is 4.79 Å². The van der Waals surface area contributed by atoms with E-state index < -0.39 is 0 Å². The maximum atomic E-state index is 12.0. The summed E-state index contributed by atoms with van der Waals surface area (Å²) in [6.07, 6.45) is 0.299. The summed E-state index contributed by atoms with van der Waals surface area (Å²) in [5.74, 6) is 0.910. The van der Waals surface area contributed by atoms with Crippen molar-refractivity contribution in [3.63, 3.8) is 0 Å². The zero-order chi connectivity index (χ0) is 17.4. The molecule has 0 aliphatic heterocycles. The quantitative estimate of drug-likeness (QED) is 0.751. The molecule has 0 unspecified atom stereocenters. The molecule has 0 fully saturated rings. The van der Waals surface area contributed by atoms with E-state index in [0.29, 0.717) is 29.4 Å². The van der Waals surface area contributed by atoms with E-state index in [1.54, 1.807) is 49.6 Å². The number of carbonyl (C=O) groups is 2. The van der Waals surface area contributed by atoms with Gasteiger partial charge in [0, 0.05) is 30.2 Å². The Hall–Kier alpha value is -2.82. The molecule has 1 N–H and O–H groups in total. The Balaban J connectivity index is 1.91. The van der Waals surface area contributed by atoms with Gasteiger partial charge in [0.25, 0.3) is 0 Å². The molecule has 5 heteroatoms. The zero-order valence-corrected chi connectivity index (χ0v) is 13.9. The first-order valence-corrected chi connectivity index (χ1v) is 7.83. The Morgan fingerprint density at radius 2 is 1.75 bits per heavy atom. The molecule has 2 aromatic rings. The van der Waals surface area contributed by atoms with Crippen LogP contribution in [-0.4, -0.2) is 25.4 Å². The van der Waals surface area contributed by atoms with Gasteiger partial charge in [-0.2, -0.15) is 0 Å². The van der Waals surface area contributed by atoms with E-state index in [9.17, 15) is 9.59 Å². The molecule has 2 aromatic carbocycles. The lowest BCUT2D eigenvalue weighted by molar-refractivity contribution is -0.116. The summed E-state index contributed by atoms with van der Waals surface area (Å²) in [6.45, 7) is 2.42. The van der Waals surface area contributed by atoms with Crippen molar-refractivity contribution in [2.75, 3.05) is 19.0 Å². The summed E-state index contributed by atoms with van der Waals surface area (Å²) in [6, 6.07) is 14.1. The van der Waals surface area contributed by atoms with Gasteiger partial charge in [-0.3, -0.25) is 9.59 Å². The molecule has 0 spiro atoms. The molecule has 0 radical (unpaired) electrons. The molecule has 0 saturated heterocycles. The third kappa shape index (κ3) is 4.84. The molecule has 0 heterocycles. The van der Waals surface area contributed by atoms with E-state index in [4.69, 9.17) is 9.47 Å². The second kappa shape index (κ2) is 8.72. The minimum absolute atomic E-state index is 0.0463. The number of benzene rings is 2. The monoisotopic (exact) mass is 327 g/mol. The number of rotatable bonds is 8. The van der Waals surface area contributed by atoms with Crippen molar-refractivity contribution in [3.8, 4) is 11.5 Å². The average Bonchev–Trinajstić information content (AvgIpc) is 2.62. The highest BCUT2D eigenvalue weighted by molar-refractivity contribution is 6.00. The molecule has 0 saturated carbocycles. The number of methoxy groups -OCH3 is 1. The fourth-order valence-corrected chi connectivity index (χ4v) is 2.24. The van der Waals surface area contributed by atoms with Crippen molar-refractivity contribution < 1.29 is 19.1 Å². The van der Waals surface area contributed by atoms with Gasteiger partial charge in [-0.05, 0) is 19.1 Å². The van der Waals surface area contributed by atoms with Crippen molar-refractivity contribution in [1.29, 1.82) is 0 Å². The predicted molar refractivity (Wildman–Crippen MR) is 92.8 cm³/mol. The van der Waals surface area contributed by atoms with E-state index in [1.807, 2.05) is 13.0 Å². The van der Waals surface area contributed by atoms with Crippen LogP contribution < -0.4 is 14.8 Å². The van der Waals surface area contributed by atoms with E-state index in [0.717, 1.165) is 0 Å². The number of hydrogen-bond acceptors (Lipinski definition) is 4. The number of anilines is 1. The highest BCUT2D eigenvalue weighted by Gasteiger charge is 2.11. The summed E-state index contributed by atoms with van der Waals surface area (Å²) < 4.78 is 10.7. The Morgan fingerprint density at radius 1 is 1.00 bits per heavy atom. The second-order valence-corrected chi connectivity index (χ2v) is 5.14. The van der Waals surface area contributed by atoms with Gasteiger partial charge in [0.15, 0.2) is 17.3 Å². The summed E-state index contributed by atoms with van der Waals surface area (Å²) in [7, 11) is 1.54. The van der Waals surface area contributed by atoms with Crippen LogP contribution in [0.3, 0.4) is 0 Å². The maximum Gasteiger partial charge on any atom is 0.224 e. The minimum atomic E-state index is -0.217. The van der Waals surface area contributed by atoms with Gasteiger partial charge in [0.2, 0.25) is 5.91 Å². The number of Topliss-reactive ketones (excluding diaryl/α,β-unsaturated/α-hetero) is 1. The molecular formula is C19H21NO4. The minimum Gasteiger partial charge on any atom is -0.493 e. The van der Waals surface area contributed by atoms with Gasteiger partial charge >= 0.3 is 0 Å². The molecule has 2 rings (SSSR count). The van der Waals surface area contributed by atoms with Crippen molar-refractivity contribution in [1.82, 2.24) is 0 Å². The standard InChI is InChI=1S/C19H21NO4/c1-3-24-17-11-9-15(13-18(17)23-2)20-19(22)12-10-16(21)14-7-5-4-6-8-14/h4-9,11,13H,3,10,12H2,1-2H3,(H,20,22). The molecule has 24 heavy (non-hydrogen) atoms. The lowest BCUT2D eigenvalue weighted by atomic mass is 10.1. The summed E-state index contributed by atoms with van der Waals surface area (Å²) >= 11 is 0. The molecule has 5 nitrogen and oxygen atoms in total. The number of hydrogen-bond donors (Lipinski definition) is 1. The van der Waals surface area contributed by atoms with Crippen molar-refractivity contribution in [2.24, 2.45) is 0 Å². The van der Waals surface area contributed by atoms with Gasteiger partial charge in [-0.15, -0.1) is 0 Å². The van der Waals surface area contributed by atoms with E-state index in [-0.39, 0.29) is 24.5 Å².